The van der Waals surface area contributed by atoms with Crippen LogP contribution in [0.4, 0.5) is 5.69 Å². The van der Waals surface area contributed by atoms with Crippen molar-refractivity contribution in [3.8, 4) is 5.75 Å². The van der Waals surface area contributed by atoms with Crippen LogP contribution in [0.5, 0.6) is 5.75 Å². The number of nitrogens with one attached hydrogen (secondary N) is 1. The lowest BCUT2D eigenvalue weighted by atomic mass is 9.87. The topological polar surface area (TPSA) is 38.3 Å². The lowest BCUT2D eigenvalue weighted by molar-refractivity contribution is -0.122. The maximum atomic E-state index is 12.4. The van der Waals surface area contributed by atoms with E-state index in [1.165, 1.54) is 11.1 Å². The number of halogens is 1. The molecule has 2 rings (SSSR count). The Morgan fingerprint density at radius 1 is 1.08 bits per heavy atom. The molecule has 134 valence electrons. The van der Waals surface area contributed by atoms with Crippen LogP contribution in [0, 0.1) is 13.8 Å². The zero-order valence-electron chi connectivity index (χ0n) is 15.7. The van der Waals surface area contributed by atoms with E-state index in [1.54, 1.807) is 6.92 Å². The Kier molecular flexibility index (Phi) is 5.94. The third kappa shape index (κ3) is 5.08. The maximum Gasteiger partial charge on any atom is 0.265 e. The number of anilines is 1. The molecule has 0 aliphatic carbocycles. The summed E-state index contributed by atoms with van der Waals surface area (Å²) >= 11 is 3.55. The molecule has 0 saturated heterocycles. The third-order valence-corrected chi connectivity index (χ3v) is 4.91. The Hall–Kier alpha value is -1.81. The normalized spacial score (nSPS) is 12.6. The minimum absolute atomic E-state index is 0.0603. The van der Waals surface area contributed by atoms with E-state index in [-0.39, 0.29) is 11.3 Å². The predicted molar refractivity (Wildman–Crippen MR) is 107 cm³/mol. The summed E-state index contributed by atoms with van der Waals surface area (Å²) in [6.07, 6.45) is -0.587. The molecule has 1 N–H and O–H groups in total. The highest BCUT2D eigenvalue weighted by Crippen LogP contribution is 2.30. The van der Waals surface area contributed by atoms with Crippen LogP contribution in [0.1, 0.15) is 44.4 Å². The Morgan fingerprint density at radius 2 is 1.76 bits per heavy atom. The summed E-state index contributed by atoms with van der Waals surface area (Å²) in [5.41, 5.74) is 4.35. The minimum Gasteiger partial charge on any atom is -0.481 e. The molecule has 0 saturated carbocycles. The van der Waals surface area contributed by atoms with Crippen molar-refractivity contribution < 1.29 is 9.53 Å². The van der Waals surface area contributed by atoms with Crippen molar-refractivity contribution in [1.29, 1.82) is 0 Å². The molecule has 0 radical (unpaired) electrons. The van der Waals surface area contributed by atoms with Gasteiger partial charge in [0.25, 0.3) is 5.91 Å². The number of carbonyl (C=O) groups excluding carboxylic acids is 1. The van der Waals surface area contributed by atoms with Crippen LogP contribution < -0.4 is 10.1 Å². The monoisotopic (exact) mass is 403 g/mol. The van der Waals surface area contributed by atoms with Gasteiger partial charge in [-0.2, -0.15) is 0 Å². The number of hydrogen-bond acceptors (Lipinski definition) is 2. The van der Waals surface area contributed by atoms with Crippen LogP contribution in [0.15, 0.2) is 40.9 Å². The molecule has 0 aromatic heterocycles. The highest BCUT2D eigenvalue weighted by Gasteiger charge is 2.18. The molecule has 1 amide bonds. The number of hydrogen-bond donors (Lipinski definition) is 1. The molecule has 2 aromatic rings. The summed E-state index contributed by atoms with van der Waals surface area (Å²) in [5, 5.41) is 2.92. The summed E-state index contributed by atoms with van der Waals surface area (Å²) in [4.78, 5) is 12.4. The van der Waals surface area contributed by atoms with E-state index in [9.17, 15) is 4.79 Å². The molecule has 25 heavy (non-hydrogen) atoms. The average Bonchev–Trinajstić information content (AvgIpc) is 2.51. The summed E-state index contributed by atoms with van der Waals surface area (Å²) in [7, 11) is 0. The van der Waals surface area contributed by atoms with Gasteiger partial charge in [0.05, 0.1) is 5.69 Å². The molecule has 0 fully saturated rings. The highest BCUT2D eigenvalue weighted by molar-refractivity contribution is 9.10. The van der Waals surface area contributed by atoms with Crippen molar-refractivity contribution in [2.45, 2.75) is 53.1 Å². The zero-order valence-corrected chi connectivity index (χ0v) is 17.3. The van der Waals surface area contributed by atoms with Gasteiger partial charge in [-0.1, -0.05) is 32.9 Å². The summed E-state index contributed by atoms with van der Waals surface area (Å²) < 4.78 is 6.64. The van der Waals surface area contributed by atoms with Gasteiger partial charge >= 0.3 is 0 Å². The van der Waals surface area contributed by atoms with Gasteiger partial charge in [-0.15, -0.1) is 0 Å². The first-order chi connectivity index (χ1) is 11.6. The second kappa shape index (κ2) is 7.61. The van der Waals surface area contributed by atoms with Gasteiger partial charge < -0.3 is 10.1 Å². The first kappa shape index (κ1) is 19.5. The van der Waals surface area contributed by atoms with Gasteiger partial charge in [0.2, 0.25) is 0 Å². The second-order valence-electron chi connectivity index (χ2n) is 7.44. The summed E-state index contributed by atoms with van der Waals surface area (Å²) in [6, 6.07) is 11.8. The van der Waals surface area contributed by atoms with Crippen LogP contribution in [0.25, 0.3) is 0 Å². The summed E-state index contributed by atoms with van der Waals surface area (Å²) in [5.74, 6) is 0.523. The van der Waals surface area contributed by atoms with E-state index in [2.05, 4.69) is 42.0 Å². The van der Waals surface area contributed by atoms with E-state index < -0.39 is 6.10 Å². The SMILES string of the molecule is Cc1ccc(OC(C)C(=O)Nc2ccc(C(C)(C)C)cc2Br)cc1C. The largest absolute Gasteiger partial charge is 0.481 e. The van der Waals surface area contributed by atoms with Crippen molar-refractivity contribution in [3.05, 3.63) is 57.6 Å². The number of ether oxygens (including phenoxy) is 1. The second-order valence-corrected chi connectivity index (χ2v) is 8.29. The first-order valence-electron chi connectivity index (χ1n) is 8.43. The predicted octanol–water partition coefficient (Wildman–Crippen LogP) is 5.77. The van der Waals surface area contributed by atoms with E-state index in [1.807, 2.05) is 50.2 Å². The van der Waals surface area contributed by atoms with E-state index in [4.69, 9.17) is 4.74 Å². The number of benzene rings is 2. The molecule has 1 atom stereocenters. The van der Waals surface area contributed by atoms with E-state index in [0.29, 0.717) is 5.75 Å². The Labute approximate surface area is 158 Å². The van der Waals surface area contributed by atoms with Gasteiger partial charge in [-0.3, -0.25) is 4.79 Å². The molecule has 0 aliphatic rings. The van der Waals surface area contributed by atoms with E-state index in [0.717, 1.165) is 15.7 Å². The maximum absolute atomic E-state index is 12.4. The lowest BCUT2D eigenvalue weighted by Crippen LogP contribution is -2.30. The molecule has 0 aliphatic heterocycles. The molecule has 0 heterocycles. The molecular formula is C21H26BrNO2. The van der Waals surface area contributed by atoms with Gasteiger partial charge in [-0.25, -0.2) is 0 Å². The number of aryl methyl sites for hydroxylation is 2. The minimum atomic E-state index is -0.587. The van der Waals surface area contributed by atoms with Gasteiger partial charge in [-0.05, 0) is 83.1 Å². The molecule has 0 spiro atoms. The van der Waals surface area contributed by atoms with Crippen molar-refractivity contribution in [2.75, 3.05) is 5.32 Å². The fourth-order valence-corrected chi connectivity index (χ4v) is 2.84. The third-order valence-electron chi connectivity index (χ3n) is 4.25. The van der Waals surface area contributed by atoms with Crippen LogP contribution in [0.3, 0.4) is 0 Å². The molecule has 0 bridgehead atoms. The number of rotatable bonds is 4. The van der Waals surface area contributed by atoms with Crippen LogP contribution >= 0.6 is 15.9 Å². The standard InChI is InChI=1S/C21H26BrNO2/c1-13-7-9-17(11-14(13)2)25-15(3)20(24)23-19-10-8-16(12-18(19)22)21(4,5)6/h7-12,15H,1-6H3,(H,23,24). The van der Waals surface area contributed by atoms with Crippen molar-refractivity contribution in [1.82, 2.24) is 0 Å². The van der Waals surface area contributed by atoms with Crippen LogP contribution in [-0.2, 0) is 10.2 Å². The number of amides is 1. The smallest absolute Gasteiger partial charge is 0.265 e. The fourth-order valence-electron chi connectivity index (χ4n) is 2.36. The lowest BCUT2D eigenvalue weighted by Gasteiger charge is -2.21. The molecule has 3 nitrogen and oxygen atoms in total. The number of carbonyl (C=O) groups is 1. The van der Waals surface area contributed by atoms with Crippen LogP contribution in [0.2, 0.25) is 0 Å². The van der Waals surface area contributed by atoms with Gasteiger partial charge in [0.1, 0.15) is 5.75 Å². The van der Waals surface area contributed by atoms with Gasteiger partial charge in [0.15, 0.2) is 6.10 Å². The fraction of sp³-hybridized carbons (Fsp3) is 0.381. The van der Waals surface area contributed by atoms with Crippen molar-refractivity contribution in [2.24, 2.45) is 0 Å². The first-order valence-corrected chi connectivity index (χ1v) is 9.22. The van der Waals surface area contributed by atoms with Crippen LogP contribution in [-0.4, -0.2) is 12.0 Å². The van der Waals surface area contributed by atoms with Crippen molar-refractivity contribution >= 4 is 27.5 Å². The molecule has 2 aromatic carbocycles. The Morgan fingerprint density at radius 3 is 2.32 bits per heavy atom. The highest BCUT2D eigenvalue weighted by atomic mass is 79.9. The molecule has 4 heteroatoms. The summed E-state index contributed by atoms with van der Waals surface area (Å²) in [6.45, 7) is 12.3. The zero-order chi connectivity index (χ0) is 18.8. The average molecular weight is 404 g/mol. The van der Waals surface area contributed by atoms with Crippen molar-refractivity contribution in [3.63, 3.8) is 0 Å². The molecular weight excluding hydrogens is 378 g/mol. The van der Waals surface area contributed by atoms with Gasteiger partial charge in [0, 0.05) is 4.47 Å². The van der Waals surface area contributed by atoms with E-state index >= 15 is 0 Å². The Bertz CT molecular complexity index is 778. The quantitative estimate of drug-likeness (QED) is 0.703. The molecule has 1 unspecified atom stereocenters. The Balaban J connectivity index is 2.07.